The molecule has 2 nitrogen and oxygen atoms in total. The van der Waals surface area contributed by atoms with Crippen molar-refractivity contribution in [3.63, 3.8) is 0 Å². The monoisotopic (exact) mass is 608 g/mol. The molecule has 0 saturated heterocycles. The number of halogens is 2. The summed E-state index contributed by atoms with van der Waals surface area (Å²) in [4.78, 5) is 12.8. The van der Waals surface area contributed by atoms with Gasteiger partial charge in [0.25, 0.3) is 0 Å². The Morgan fingerprint density at radius 1 is 0.600 bits per heavy atom. The number of nitrogens with zero attached hydrogens (tertiary/aromatic N) is 2. The third kappa shape index (κ3) is 4.39. The maximum Gasteiger partial charge on any atom is 0.131 e. The van der Waals surface area contributed by atoms with E-state index in [4.69, 9.17) is 9.97 Å². The summed E-state index contributed by atoms with van der Waals surface area (Å²) in [7, 11) is -3.44. The summed E-state index contributed by atoms with van der Waals surface area (Å²) in [6.45, 7) is 26.4. The predicted molar refractivity (Wildman–Crippen MR) is 151 cm³/mol. The van der Waals surface area contributed by atoms with Crippen molar-refractivity contribution in [3.8, 4) is 9.75 Å². The van der Waals surface area contributed by atoms with Crippen LogP contribution in [0.2, 0.25) is 34.3 Å². The SMILES string of the molecule is CC(C)[Si](C)(c1nc(Br)c(-c2sc([Si](C(C)C)(C(C)C)C(C)C)nc2Br)s1)C(C)C. The highest BCUT2D eigenvalue weighted by Crippen LogP contribution is 2.46. The van der Waals surface area contributed by atoms with Crippen molar-refractivity contribution < 1.29 is 0 Å². The van der Waals surface area contributed by atoms with Gasteiger partial charge in [-0.15, -0.1) is 22.7 Å². The first kappa shape index (κ1) is 26.9. The van der Waals surface area contributed by atoms with Gasteiger partial charge in [-0.2, -0.15) is 0 Å². The molecule has 0 atom stereocenters. The van der Waals surface area contributed by atoms with E-state index < -0.39 is 16.1 Å². The molecule has 2 rings (SSSR count). The van der Waals surface area contributed by atoms with E-state index in [2.05, 4.69) is 108 Å². The maximum absolute atomic E-state index is 5.17. The lowest BCUT2D eigenvalue weighted by Crippen LogP contribution is -2.55. The molecule has 0 aliphatic carbocycles. The van der Waals surface area contributed by atoms with Gasteiger partial charge >= 0.3 is 0 Å². The average Bonchev–Trinajstić information content (AvgIpc) is 3.16. The minimum Gasteiger partial charge on any atom is -0.239 e. The minimum atomic E-state index is -1.78. The lowest BCUT2D eigenvalue weighted by Gasteiger charge is -2.41. The van der Waals surface area contributed by atoms with Gasteiger partial charge in [0.1, 0.15) is 25.4 Å². The third-order valence-corrected chi connectivity index (χ3v) is 26.5. The van der Waals surface area contributed by atoms with Crippen LogP contribution in [0.1, 0.15) is 69.2 Å². The summed E-state index contributed by atoms with van der Waals surface area (Å²) in [5.74, 6) is 0. The van der Waals surface area contributed by atoms with Crippen molar-refractivity contribution >= 4 is 79.9 Å². The summed E-state index contributed by atoms with van der Waals surface area (Å²) in [5.41, 5.74) is 3.28. The van der Waals surface area contributed by atoms with Crippen molar-refractivity contribution in [3.05, 3.63) is 9.21 Å². The van der Waals surface area contributed by atoms with E-state index in [1.54, 1.807) is 0 Å². The molecule has 0 N–H and O–H groups in total. The Morgan fingerprint density at radius 3 is 1.27 bits per heavy atom. The number of aromatic nitrogens is 2. The van der Waals surface area contributed by atoms with Crippen LogP contribution in [0.25, 0.3) is 9.75 Å². The zero-order valence-electron chi connectivity index (χ0n) is 20.4. The molecule has 0 bridgehead atoms. The Bertz CT molecular complexity index is 843. The molecule has 0 saturated carbocycles. The smallest absolute Gasteiger partial charge is 0.131 e. The second-order valence-electron chi connectivity index (χ2n) is 10.3. The lowest BCUT2D eigenvalue weighted by atomic mass is 10.5. The van der Waals surface area contributed by atoms with Crippen LogP contribution in [-0.2, 0) is 0 Å². The first-order chi connectivity index (χ1) is 13.7. The highest BCUT2D eigenvalue weighted by Gasteiger charge is 2.48. The number of hydrogen-bond acceptors (Lipinski definition) is 4. The predicted octanol–water partition coefficient (Wildman–Crippen LogP) is 8.78. The van der Waals surface area contributed by atoms with E-state index >= 15 is 0 Å². The number of rotatable bonds is 8. The van der Waals surface area contributed by atoms with Crippen LogP contribution in [0.15, 0.2) is 9.21 Å². The summed E-state index contributed by atoms with van der Waals surface area (Å²) >= 11 is 11.5. The van der Waals surface area contributed by atoms with Gasteiger partial charge < -0.3 is 0 Å². The molecule has 0 amide bonds. The number of hydrogen-bond donors (Lipinski definition) is 0. The molecule has 170 valence electrons. The van der Waals surface area contributed by atoms with E-state index in [1.165, 1.54) is 19.0 Å². The maximum atomic E-state index is 5.17. The highest BCUT2D eigenvalue weighted by atomic mass is 79.9. The molecule has 8 heteroatoms. The van der Waals surface area contributed by atoms with Crippen molar-refractivity contribution in [1.29, 1.82) is 0 Å². The fraction of sp³-hybridized carbons (Fsp3) is 0.727. The second-order valence-corrected chi connectivity index (χ2v) is 25.6. The molecule has 2 aromatic heterocycles. The fourth-order valence-corrected chi connectivity index (χ4v) is 23.0. The van der Waals surface area contributed by atoms with Crippen molar-refractivity contribution in [2.75, 3.05) is 0 Å². The van der Waals surface area contributed by atoms with E-state index in [0.29, 0.717) is 27.7 Å². The van der Waals surface area contributed by atoms with E-state index in [9.17, 15) is 0 Å². The van der Waals surface area contributed by atoms with E-state index in [1.807, 2.05) is 22.7 Å². The molecule has 0 radical (unpaired) electrons. The average molecular weight is 611 g/mol. The first-order valence-corrected chi connectivity index (χ1v) is 19.2. The topological polar surface area (TPSA) is 25.8 Å². The van der Waals surface area contributed by atoms with Gasteiger partial charge in [0, 0.05) is 0 Å². The Hall–Kier alpha value is 0.654. The fourth-order valence-electron chi connectivity index (χ4n) is 5.20. The standard InChI is InChI=1S/C22H38Br2N2S2Si2/c1-12(2)29(11,13(3)4)21-25-19(23)17(27-21)18-20(24)26-22(28-18)30(14(5)6,15(7)8)16(9)10/h12-16H,1-11H3. The van der Waals surface area contributed by atoms with Crippen LogP contribution in [0, 0.1) is 0 Å². The molecule has 2 heterocycles. The molecule has 30 heavy (non-hydrogen) atoms. The summed E-state index contributed by atoms with van der Waals surface area (Å²) in [6.07, 6.45) is 0. The second kappa shape index (κ2) is 9.88. The summed E-state index contributed by atoms with van der Waals surface area (Å²) in [6, 6.07) is 0. The van der Waals surface area contributed by atoms with Crippen LogP contribution in [0.4, 0.5) is 0 Å². The molecule has 0 spiro atoms. The minimum absolute atomic E-state index is 0.654. The molecule has 0 unspecified atom stereocenters. The quantitative estimate of drug-likeness (QED) is 0.279. The van der Waals surface area contributed by atoms with Gasteiger partial charge in [-0.1, -0.05) is 75.8 Å². The Morgan fingerprint density at radius 2 is 0.933 bits per heavy atom. The molecular weight excluding hydrogens is 572 g/mol. The summed E-state index contributed by atoms with van der Waals surface area (Å²) in [5, 5.41) is 0. The highest BCUT2D eigenvalue weighted by molar-refractivity contribution is 9.11. The largest absolute Gasteiger partial charge is 0.239 e. The lowest BCUT2D eigenvalue weighted by molar-refractivity contribution is 0.833. The van der Waals surface area contributed by atoms with E-state index in [-0.39, 0.29) is 0 Å². The zero-order chi connectivity index (χ0) is 23.2. The molecule has 0 aliphatic heterocycles. The third-order valence-electron chi connectivity index (χ3n) is 7.47. The summed E-state index contributed by atoms with van der Waals surface area (Å²) < 4.78 is 4.73. The molecular formula is C22H38Br2N2S2Si2. The normalized spacial score (nSPS) is 13.7. The van der Waals surface area contributed by atoms with Crippen molar-refractivity contribution in [2.24, 2.45) is 0 Å². The van der Waals surface area contributed by atoms with Crippen LogP contribution in [0.5, 0.6) is 0 Å². The Kier molecular flexibility index (Phi) is 8.86. The number of thiazole rings is 2. The van der Waals surface area contributed by atoms with Crippen molar-refractivity contribution in [2.45, 2.75) is 103 Å². The van der Waals surface area contributed by atoms with Gasteiger partial charge in [-0.05, 0) is 59.6 Å². The van der Waals surface area contributed by atoms with Crippen molar-refractivity contribution in [1.82, 2.24) is 9.97 Å². The van der Waals surface area contributed by atoms with Gasteiger partial charge in [-0.25, -0.2) is 9.97 Å². The van der Waals surface area contributed by atoms with Crippen LogP contribution < -0.4 is 9.26 Å². The zero-order valence-corrected chi connectivity index (χ0v) is 27.2. The van der Waals surface area contributed by atoms with Gasteiger partial charge in [-0.3, -0.25) is 0 Å². The van der Waals surface area contributed by atoms with Crippen LogP contribution in [0.3, 0.4) is 0 Å². The van der Waals surface area contributed by atoms with E-state index in [0.717, 1.165) is 9.21 Å². The van der Waals surface area contributed by atoms with Gasteiger partial charge in [0.05, 0.1) is 19.0 Å². The molecule has 0 aliphatic rings. The molecule has 2 aromatic rings. The van der Waals surface area contributed by atoms with Crippen LogP contribution >= 0.6 is 54.5 Å². The van der Waals surface area contributed by atoms with Crippen LogP contribution in [-0.4, -0.2) is 26.1 Å². The first-order valence-electron chi connectivity index (χ1n) is 11.1. The molecule has 0 aromatic carbocycles. The Balaban J connectivity index is 2.67. The van der Waals surface area contributed by atoms with Gasteiger partial charge in [0.15, 0.2) is 0 Å². The molecule has 0 fully saturated rings. The van der Waals surface area contributed by atoms with Gasteiger partial charge in [0.2, 0.25) is 0 Å². The Labute approximate surface area is 211 Å².